The molecule has 0 fully saturated rings. The van der Waals surface area contributed by atoms with Crippen molar-refractivity contribution < 1.29 is 23.4 Å². The van der Waals surface area contributed by atoms with E-state index in [9.17, 15) is 13.5 Å². The number of nitrogens with two attached hydrogens (primary N) is 1. The van der Waals surface area contributed by atoms with E-state index in [1.807, 2.05) is 0 Å². The summed E-state index contributed by atoms with van der Waals surface area (Å²) < 4.78 is 31.9. The van der Waals surface area contributed by atoms with Crippen molar-refractivity contribution in [1.82, 2.24) is 4.31 Å². The first-order chi connectivity index (χ1) is 8.31. The molecule has 0 aliphatic carbocycles. The highest BCUT2D eigenvalue weighted by molar-refractivity contribution is 7.88. The van der Waals surface area contributed by atoms with E-state index in [-0.39, 0.29) is 24.5 Å². The van der Waals surface area contributed by atoms with Crippen molar-refractivity contribution in [3.05, 3.63) is 11.3 Å². The molecule has 18 heavy (non-hydrogen) atoms. The molecule has 0 saturated carbocycles. The van der Waals surface area contributed by atoms with Gasteiger partial charge in [-0.25, -0.2) is 4.31 Å². The fraction of sp³-hybridized carbons (Fsp3) is 0.500. The van der Waals surface area contributed by atoms with Gasteiger partial charge in [0, 0.05) is 0 Å². The molecule has 1 rings (SSSR count). The van der Waals surface area contributed by atoms with Gasteiger partial charge in [-0.2, -0.15) is 8.42 Å². The monoisotopic (exact) mass is 278 g/mol. The van der Waals surface area contributed by atoms with Gasteiger partial charge in [-0.05, 0) is 6.92 Å². The topological polar surface area (TPSA) is 149 Å². The van der Waals surface area contributed by atoms with Crippen molar-refractivity contribution in [2.75, 3.05) is 19.9 Å². The molecule has 9 nitrogen and oxygen atoms in total. The summed E-state index contributed by atoms with van der Waals surface area (Å²) in [6, 6.07) is 0. The SMILES string of the molecule is C/C(O)=C1\C(=N)N(COCCO)S(=O)(=O)N=C1N. The maximum absolute atomic E-state index is 11.6. The Labute approximate surface area is 104 Å². The number of allylic oxidation sites excluding steroid dienone is 1. The molecule has 0 aromatic heterocycles. The van der Waals surface area contributed by atoms with Crippen molar-refractivity contribution in [2.24, 2.45) is 10.1 Å². The van der Waals surface area contributed by atoms with Crippen molar-refractivity contribution in [2.45, 2.75) is 6.92 Å². The lowest BCUT2D eigenvalue weighted by Crippen LogP contribution is -2.46. The number of hydrogen-bond acceptors (Lipinski definition) is 7. The molecular formula is C8H14N4O5S. The zero-order valence-corrected chi connectivity index (χ0v) is 10.4. The Morgan fingerprint density at radius 3 is 2.72 bits per heavy atom. The first-order valence-corrected chi connectivity index (χ1v) is 6.26. The van der Waals surface area contributed by atoms with Gasteiger partial charge in [0.1, 0.15) is 12.5 Å². The number of hydrogen-bond donors (Lipinski definition) is 4. The zero-order chi connectivity index (χ0) is 13.9. The molecule has 0 amide bonds. The van der Waals surface area contributed by atoms with Gasteiger partial charge in [0.05, 0.1) is 18.8 Å². The average Bonchev–Trinajstić information content (AvgIpc) is 2.20. The van der Waals surface area contributed by atoms with E-state index in [1.165, 1.54) is 6.92 Å². The van der Waals surface area contributed by atoms with E-state index in [4.69, 9.17) is 21.0 Å². The fourth-order valence-corrected chi connectivity index (χ4v) is 2.25. The summed E-state index contributed by atoms with van der Waals surface area (Å²) in [4.78, 5) is 0. The molecule has 5 N–H and O–H groups in total. The summed E-state index contributed by atoms with van der Waals surface area (Å²) in [5, 5.41) is 25.6. The van der Waals surface area contributed by atoms with E-state index in [1.54, 1.807) is 0 Å². The van der Waals surface area contributed by atoms with Crippen LogP contribution in [-0.4, -0.2) is 54.6 Å². The normalized spacial score (nSPS) is 21.8. The van der Waals surface area contributed by atoms with Crippen molar-refractivity contribution in [1.29, 1.82) is 5.41 Å². The van der Waals surface area contributed by atoms with Crippen LogP contribution >= 0.6 is 0 Å². The number of aliphatic hydroxyl groups is 2. The summed E-state index contributed by atoms with van der Waals surface area (Å²) in [5.74, 6) is -1.29. The minimum absolute atomic E-state index is 0.0876. The van der Waals surface area contributed by atoms with E-state index >= 15 is 0 Å². The van der Waals surface area contributed by atoms with E-state index in [2.05, 4.69) is 4.40 Å². The number of aliphatic hydroxyl groups excluding tert-OH is 2. The second-order valence-electron chi connectivity index (χ2n) is 3.37. The smallest absolute Gasteiger partial charge is 0.349 e. The van der Waals surface area contributed by atoms with Crippen LogP contribution in [0, 0.1) is 5.41 Å². The Morgan fingerprint density at radius 2 is 2.22 bits per heavy atom. The van der Waals surface area contributed by atoms with Crippen molar-refractivity contribution in [3.63, 3.8) is 0 Å². The Hall–Kier alpha value is -1.65. The summed E-state index contributed by atoms with van der Waals surface area (Å²) in [7, 11) is -4.15. The van der Waals surface area contributed by atoms with Gasteiger partial charge >= 0.3 is 10.2 Å². The van der Waals surface area contributed by atoms with Crippen LogP contribution in [0.25, 0.3) is 0 Å². The lowest BCUT2D eigenvalue weighted by molar-refractivity contribution is 0.0640. The Balaban J connectivity index is 3.12. The van der Waals surface area contributed by atoms with Crippen molar-refractivity contribution >= 4 is 21.9 Å². The Bertz CT molecular complexity index is 506. The van der Waals surface area contributed by atoms with Crippen LogP contribution < -0.4 is 5.73 Å². The minimum Gasteiger partial charge on any atom is -0.512 e. The molecular weight excluding hydrogens is 264 g/mol. The molecule has 10 heteroatoms. The van der Waals surface area contributed by atoms with Crippen LogP contribution in [-0.2, 0) is 14.9 Å². The third kappa shape index (κ3) is 2.78. The van der Waals surface area contributed by atoms with E-state index in [0.29, 0.717) is 4.31 Å². The molecule has 1 aliphatic rings. The van der Waals surface area contributed by atoms with Crippen LogP contribution in [0.3, 0.4) is 0 Å². The summed E-state index contributed by atoms with van der Waals surface area (Å²) in [6.45, 7) is 0.399. The Kier molecular flexibility index (Phi) is 4.27. The van der Waals surface area contributed by atoms with Gasteiger partial charge in [0.25, 0.3) is 0 Å². The molecule has 0 spiro atoms. The highest BCUT2D eigenvalue weighted by Crippen LogP contribution is 2.18. The van der Waals surface area contributed by atoms with Gasteiger partial charge in [-0.1, -0.05) is 0 Å². The second-order valence-corrected chi connectivity index (χ2v) is 4.89. The van der Waals surface area contributed by atoms with Gasteiger partial charge in [0.2, 0.25) is 0 Å². The number of nitrogens with one attached hydrogen (secondary N) is 1. The lowest BCUT2D eigenvalue weighted by Gasteiger charge is -2.27. The maximum Gasteiger partial charge on any atom is 0.349 e. The highest BCUT2D eigenvalue weighted by atomic mass is 32.2. The van der Waals surface area contributed by atoms with E-state index in [0.717, 1.165) is 0 Å². The van der Waals surface area contributed by atoms with Crippen LogP contribution in [0.15, 0.2) is 15.7 Å². The molecule has 0 bridgehead atoms. The predicted molar refractivity (Wildman–Crippen MR) is 63.3 cm³/mol. The quantitative estimate of drug-likeness (QED) is 0.370. The molecule has 0 aromatic rings. The van der Waals surface area contributed by atoms with Gasteiger partial charge in [-0.15, -0.1) is 4.40 Å². The predicted octanol–water partition coefficient (Wildman–Crippen LogP) is -1.32. The number of amidine groups is 2. The van der Waals surface area contributed by atoms with E-state index < -0.39 is 28.6 Å². The summed E-state index contributed by atoms with van der Waals surface area (Å²) in [6.07, 6.45) is 0. The fourth-order valence-electron chi connectivity index (χ4n) is 1.28. The van der Waals surface area contributed by atoms with Gasteiger partial charge in [0.15, 0.2) is 11.7 Å². The molecule has 1 heterocycles. The minimum atomic E-state index is -4.15. The average molecular weight is 278 g/mol. The zero-order valence-electron chi connectivity index (χ0n) is 9.62. The largest absolute Gasteiger partial charge is 0.512 e. The lowest BCUT2D eigenvalue weighted by atomic mass is 10.2. The van der Waals surface area contributed by atoms with Crippen LogP contribution in [0.2, 0.25) is 0 Å². The standard InChI is InChI=1S/C8H14N4O5S/c1-5(14)6-7(9)11-18(15,16)12(8(6)10)4-17-3-2-13/h10,13-14H,2-4H2,1H3,(H2,9,11)/b6-5+,10-8?. The molecule has 0 unspecified atom stereocenters. The van der Waals surface area contributed by atoms with Crippen LogP contribution in [0.4, 0.5) is 0 Å². The van der Waals surface area contributed by atoms with Crippen LogP contribution in [0.1, 0.15) is 6.92 Å². The maximum atomic E-state index is 11.6. The van der Waals surface area contributed by atoms with Gasteiger partial charge in [-0.3, -0.25) is 5.41 Å². The third-order valence-corrected chi connectivity index (χ3v) is 3.31. The van der Waals surface area contributed by atoms with Crippen LogP contribution in [0.5, 0.6) is 0 Å². The first-order valence-electron chi connectivity index (χ1n) is 4.87. The molecule has 102 valence electrons. The highest BCUT2D eigenvalue weighted by Gasteiger charge is 2.34. The second kappa shape index (κ2) is 5.33. The first kappa shape index (κ1) is 14.4. The molecule has 0 atom stereocenters. The number of rotatable bonds is 4. The molecule has 0 saturated heterocycles. The number of ether oxygens (including phenoxy) is 1. The molecule has 0 aromatic carbocycles. The summed E-state index contributed by atoms with van der Waals surface area (Å²) >= 11 is 0. The van der Waals surface area contributed by atoms with Crippen molar-refractivity contribution in [3.8, 4) is 0 Å². The molecule has 0 radical (unpaired) electrons. The summed E-state index contributed by atoms with van der Waals surface area (Å²) in [5.41, 5.74) is 5.20. The Morgan fingerprint density at radius 1 is 1.61 bits per heavy atom. The number of nitrogens with zero attached hydrogens (tertiary/aromatic N) is 2. The third-order valence-electron chi connectivity index (χ3n) is 2.04. The molecule has 1 aliphatic heterocycles. The van der Waals surface area contributed by atoms with Gasteiger partial charge < -0.3 is 20.7 Å².